The molecule has 0 bridgehead atoms. The lowest BCUT2D eigenvalue weighted by atomic mass is 9.80. The standard InChI is InChI=1S/C17H27NOS/c1-3-18-16(15-7-6-13(2)20-15)14-8-11-19-17(12-14)9-4-5-10-17/h6-7,14,16,18H,3-5,8-12H2,1-2H3. The predicted molar refractivity (Wildman–Crippen MR) is 85.3 cm³/mol. The van der Waals surface area contributed by atoms with Gasteiger partial charge in [0.25, 0.3) is 0 Å². The normalized spacial score (nSPS) is 27.0. The van der Waals surface area contributed by atoms with Crippen LogP contribution in [-0.4, -0.2) is 18.8 Å². The molecule has 0 radical (unpaired) electrons. The Bertz CT molecular complexity index is 436. The van der Waals surface area contributed by atoms with Crippen molar-refractivity contribution >= 4 is 11.3 Å². The Morgan fingerprint density at radius 2 is 2.20 bits per heavy atom. The van der Waals surface area contributed by atoms with Crippen LogP contribution in [0, 0.1) is 12.8 Å². The molecule has 20 heavy (non-hydrogen) atoms. The van der Waals surface area contributed by atoms with Crippen LogP contribution < -0.4 is 5.32 Å². The van der Waals surface area contributed by atoms with Gasteiger partial charge in [-0.25, -0.2) is 0 Å². The van der Waals surface area contributed by atoms with E-state index in [-0.39, 0.29) is 5.60 Å². The van der Waals surface area contributed by atoms with E-state index in [2.05, 4.69) is 31.3 Å². The lowest BCUT2D eigenvalue weighted by Crippen LogP contribution is -2.41. The Balaban J connectivity index is 1.76. The van der Waals surface area contributed by atoms with E-state index < -0.39 is 0 Å². The molecule has 2 heterocycles. The Kier molecular flexibility index (Phi) is 4.49. The van der Waals surface area contributed by atoms with Crippen LogP contribution in [0.1, 0.15) is 61.2 Å². The minimum Gasteiger partial charge on any atom is -0.375 e. The largest absolute Gasteiger partial charge is 0.375 e. The fraction of sp³-hybridized carbons (Fsp3) is 0.765. The maximum Gasteiger partial charge on any atom is 0.0686 e. The lowest BCUT2D eigenvalue weighted by molar-refractivity contribution is -0.0979. The molecule has 3 heteroatoms. The van der Waals surface area contributed by atoms with Crippen LogP contribution in [0.15, 0.2) is 12.1 Å². The van der Waals surface area contributed by atoms with Gasteiger partial charge in [-0.1, -0.05) is 19.8 Å². The molecule has 2 unspecified atom stereocenters. The van der Waals surface area contributed by atoms with Gasteiger partial charge in [0.05, 0.1) is 5.60 Å². The van der Waals surface area contributed by atoms with Crippen LogP contribution in [0.25, 0.3) is 0 Å². The molecule has 3 rings (SSSR count). The highest BCUT2D eigenvalue weighted by Gasteiger charge is 2.42. The molecule has 1 spiro atoms. The van der Waals surface area contributed by atoms with Gasteiger partial charge in [-0.05, 0) is 57.2 Å². The molecule has 2 atom stereocenters. The summed E-state index contributed by atoms with van der Waals surface area (Å²) >= 11 is 1.96. The summed E-state index contributed by atoms with van der Waals surface area (Å²) in [4.78, 5) is 2.94. The first-order valence-corrected chi connectivity index (χ1v) is 8.98. The second kappa shape index (κ2) is 6.17. The average Bonchev–Trinajstić information content (AvgIpc) is 3.06. The Morgan fingerprint density at radius 1 is 1.40 bits per heavy atom. The summed E-state index contributed by atoms with van der Waals surface area (Å²) in [5.41, 5.74) is 0.225. The van der Waals surface area contributed by atoms with Crippen molar-refractivity contribution in [2.75, 3.05) is 13.2 Å². The van der Waals surface area contributed by atoms with E-state index in [0.29, 0.717) is 6.04 Å². The maximum absolute atomic E-state index is 6.20. The minimum absolute atomic E-state index is 0.225. The van der Waals surface area contributed by atoms with Gasteiger partial charge in [-0.3, -0.25) is 0 Å². The predicted octanol–water partition coefficient (Wildman–Crippen LogP) is 4.45. The Morgan fingerprint density at radius 3 is 2.85 bits per heavy atom. The second-order valence-corrected chi connectivity index (χ2v) is 7.79. The van der Waals surface area contributed by atoms with E-state index in [1.54, 1.807) is 0 Å². The van der Waals surface area contributed by atoms with Crippen molar-refractivity contribution in [2.45, 2.75) is 64.0 Å². The van der Waals surface area contributed by atoms with Gasteiger partial charge in [0, 0.05) is 22.4 Å². The fourth-order valence-electron chi connectivity index (χ4n) is 4.06. The van der Waals surface area contributed by atoms with Crippen molar-refractivity contribution in [1.29, 1.82) is 0 Å². The molecule has 1 aliphatic carbocycles. The zero-order chi connectivity index (χ0) is 14.0. The average molecular weight is 293 g/mol. The highest BCUT2D eigenvalue weighted by Crippen LogP contribution is 2.46. The number of aryl methyl sites for hydroxylation is 1. The van der Waals surface area contributed by atoms with Crippen LogP contribution in [0.3, 0.4) is 0 Å². The third-order valence-corrected chi connectivity index (χ3v) is 6.09. The summed E-state index contributed by atoms with van der Waals surface area (Å²) in [7, 11) is 0. The van der Waals surface area contributed by atoms with Gasteiger partial charge in [-0.2, -0.15) is 0 Å². The Labute approximate surface area is 126 Å². The van der Waals surface area contributed by atoms with Gasteiger partial charge >= 0.3 is 0 Å². The molecule has 0 aromatic carbocycles. The molecule has 1 saturated carbocycles. The molecule has 1 saturated heterocycles. The summed E-state index contributed by atoms with van der Waals surface area (Å²) in [5, 5.41) is 3.74. The van der Waals surface area contributed by atoms with Gasteiger partial charge in [0.15, 0.2) is 0 Å². The molecule has 1 aromatic heterocycles. The van der Waals surface area contributed by atoms with Crippen molar-refractivity contribution in [3.8, 4) is 0 Å². The van der Waals surface area contributed by atoms with Crippen molar-refractivity contribution < 1.29 is 4.74 Å². The van der Waals surface area contributed by atoms with Gasteiger partial charge in [-0.15, -0.1) is 11.3 Å². The van der Waals surface area contributed by atoms with Crippen LogP contribution >= 0.6 is 11.3 Å². The van der Waals surface area contributed by atoms with E-state index in [4.69, 9.17) is 4.74 Å². The SMILES string of the molecule is CCNC(c1ccc(C)s1)C1CCOC2(CCCC2)C1. The summed E-state index contributed by atoms with van der Waals surface area (Å²) in [6, 6.07) is 5.11. The van der Waals surface area contributed by atoms with Crippen LogP contribution in [0.5, 0.6) is 0 Å². The highest BCUT2D eigenvalue weighted by atomic mass is 32.1. The lowest BCUT2D eigenvalue weighted by Gasteiger charge is -2.41. The molecule has 2 nitrogen and oxygen atoms in total. The molecule has 1 aromatic rings. The molecule has 1 aliphatic heterocycles. The summed E-state index contributed by atoms with van der Waals surface area (Å²) in [5.74, 6) is 0.736. The molecule has 0 amide bonds. The molecule has 1 N–H and O–H groups in total. The third-order valence-electron chi connectivity index (χ3n) is 5.01. The number of thiophene rings is 1. The summed E-state index contributed by atoms with van der Waals surface area (Å²) in [6.45, 7) is 6.43. The molecular weight excluding hydrogens is 266 g/mol. The first kappa shape index (κ1) is 14.6. The minimum atomic E-state index is 0.225. The van der Waals surface area contributed by atoms with E-state index in [0.717, 1.165) is 19.1 Å². The topological polar surface area (TPSA) is 21.3 Å². The zero-order valence-electron chi connectivity index (χ0n) is 12.8. The fourth-order valence-corrected chi connectivity index (χ4v) is 5.10. The van der Waals surface area contributed by atoms with E-state index in [9.17, 15) is 0 Å². The monoisotopic (exact) mass is 293 g/mol. The van der Waals surface area contributed by atoms with Crippen LogP contribution in [-0.2, 0) is 4.74 Å². The number of ether oxygens (including phenoxy) is 1. The van der Waals surface area contributed by atoms with E-state index in [1.807, 2.05) is 11.3 Å². The molecular formula is C17H27NOS. The van der Waals surface area contributed by atoms with Gasteiger partial charge < -0.3 is 10.1 Å². The maximum atomic E-state index is 6.20. The van der Waals surface area contributed by atoms with Crippen LogP contribution in [0.4, 0.5) is 0 Å². The van der Waals surface area contributed by atoms with E-state index >= 15 is 0 Å². The van der Waals surface area contributed by atoms with E-state index in [1.165, 1.54) is 48.3 Å². The number of hydrogen-bond donors (Lipinski definition) is 1. The number of rotatable bonds is 4. The van der Waals surface area contributed by atoms with Crippen molar-refractivity contribution in [3.05, 3.63) is 21.9 Å². The zero-order valence-corrected chi connectivity index (χ0v) is 13.6. The third kappa shape index (κ3) is 2.95. The first-order valence-electron chi connectivity index (χ1n) is 8.16. The summed E-state index contributed by atoms with van der Waals surface area (Å²) < 4.78 is 6.20. The van der Waals surface area contributed by atoms with Crippen molar-refractivity contribution in [2.24, 2.45) is 5.92 Å². The molecule has 112 valence electrons. The first-order chi connectivity index (χ1) is 9.72. The van der Waals surface area contributed by atoms with Crippen LogP contribution in [0.2, 0.25) is 0 Å². The smallest absolute Gasteiger partial charge is 0.0686 e. The van der Waals surface area contributed by atoms with Gasteiger partial charge in [0.1, 0.15) is 0 Å². The van der Waals surface area contributed by atoms with Gasteiger partial charge in [0.2, 0.25) is 0 Å². The second-order valence-electron chi connectivity index (χ2n) is 6.48. The molecule has 2 aliphatic rings. The Hall–Kier alpha value is -0.380. The van der Waals surface area contributed by atoms with Crippen molar-refractivity contribution in [3.63, 3.8) is 0 Å². The highest BCUT2D eigenvalue weighted by molar-refractivity contribution is 7.12. The number of hydrogen-bond acceptors (Lipinski definition) is 3. The quantitative estimate of drug-likeness (QED) is 0.885. The van der Waals surface area contributed by atoms with Crippen molar-refractivity contribution in [1.82, 2.24) is 5.32 Å². The molecule has 2 fully saturated rings. The summed E-state index contributed by atoms with van der Waals surface area (Å²) in [6.07, 6.45) is 7.74. The number of nitrogens with one attached hydrogen (secondary N) is 1.